The monoisotopic (exact) mass is 323 g/mol. The zero-order chi connectivity index (χ0) is 16.2. The summed E-state index contributed by atoms with van der Waals surface area (Å²) in [6, 6.07) is -0.550. The van der Waals surface area contributed by atoms with E-state index in [-0.39, 0.29) is 5.95 Å². The Bertz CT molecular complexity index is 659. The molecule has 6 N–H and O–H groups in total. The van der Waals surface area contributed by atoms with Crippen LogP contribution in [0.4, 0.5) is 16.6 Å². The van der Waals surface area contributed by atoms with Crippen LogP contribution in [-0.2, 0) is 0 Å². The second kappa shape index (κ2) is 6.73. The largest absolute Gasteiger partial charge is 0.368 e. The van der Waals surface area contributed by atoms with Crippen molar-refractivity contribution in [1.29, 1.82) is 0 Å². The lowest BCUT2D eigenvalue weighted by molar-refractivity contribution is 0.246. The van der Waals surface area contributed by atoms with Gasteiger partial charge >= 0.3 is 6.03 Å². The van der Waals surface area contributed by atoms with Crippen molar-refractivity contribution in [3.05, 3.63) is 5.38 Å². The summed E-state index contributed by atoms with van der Waals surface area (Å²) in [5.74, 6) is 0.768. The van der Waals surface area contributed by atoms with Gasteiger partial charge in [0.05, 0.1) is 5.54 Å². The molecule has 2 rings (SSSR count). The molecule has 0 saturated carbocycles. The van der Waals surface area contributed by atoms with E-state index in [2.05, 4.69) is 31.9 Å². The van der Waals surface area contributed by atoms with E-state index < -0.39 is 11.6 Å². The second-order valence-corrected chi connectivity index (χ2v) is 6.11. The molecule has 0 fully saturated rings. The maximum atomic E-state index is 11.0. The highest BCUT2D eigenvalue weighted by molar-refractivity contribution is 7.04. The smallest absolute Gasteiger partial charge is 0.312 e. The molecule has 1 unspecified atom stereocenters. The minimum absolute atomic E-state index is 0.191. The average molecular weight is 323 g/mol. The fourth-order valence-electron chi connectivity index (χ4n) is 2.21. The molecule has 9 heteroatoms. The van der Waals surface area contributed by atoms with Crippen molar-refractivity contribution in [2.45, 2.75) is 38.6 Å². The molecule has 2 heterocycles. The highest BCUT2D eigenvalue weighted by Crippen LogP contribution is 2.26. The highest BCUT2D eigenvalue weighted by Gasteiger charge is 2.26. The molecule has 8 nitrogen and oxygen atoms in total. The number of nitrogens with two attached hydrogens (primary N) is 2. The number of nitrogens with one attached hydrogen (secondary N) is 2. The molecular weight excluding hydrogens is 302 g/mol. The lowest BCUT2D eigenvalue weighted by atomic mass is 9.94. The molecular formula is C13H21N7OS. The van der Waals surface area contributed by atoms with Gasteiger partial charge in [0, 0.05) is 11.9 Å². The van der Waals surface area contributed by atoms with Crippen LogP contribution in [0.15, 0.2) is 5.38 Å². The molecule has 0 aliphatic rings. The topological polar surface area (TPSA) is 132 Å². The second-order valence-electron chi connectivity index (χ2n) is 5.49. The van der Waals surface area contributed by atoms with Crippen LogP contribution in [0.5, 0.6) is 0 Å². The van der Waals surface area contributed by atoms with E-state index in [1.54, 1.807) is 0 Å². The summed E-state index contributed by atoms with van der Waals surface area (Å²) in [4.78, 5) is 19.4. The van der Waals surface area contributed by atoms with Gasteiger partial charge in [-0.15, -0.1) is 0 Å². The quantitative estimate of drug-likeness (QED) is 0.613. The molecule has 120 valence electrons. The Morgan fingerprint density at radius 1 is 1.45 bits per heavy atom. The van der Waals surface area contributed by atoms with Crippen molar-refractivity contribution in [3.63, 3.8) is 0 Å². The van der Waals surface area contributed by atoms with E-state index in [9.17, 15) is 4.79 Å². The van der Waals surface area contributed by atoms with Crippen molar-refractivity contribution >= 4 is 40.4 Å². The number of amides is 2. The first kappa shape index (κ1) is 16.2. The number of nitrogen functional groups attached to an aromatic ring is 1. The van der Waals surface area contributed by atoms with Gasteiger partial charge in [-0.05, 0) is 24.9 Å². The molecule has 0 bridgehead atoms. The van der Waals surface area contributed by atoms with Crippen molar-refractivity contribution in [2.75, 3.05) is 17.6 Å². The number of carbonyl (C=O) groups excluding carboxylic acids is 1. The van der Waals surface area contributed by atoms with E-state index in [1.807, 2.05) is 12.3 Å². The molecule has 2 amide bonds. The lowest BCUT2D eigenvalue weighted by Crippen LogP contribution is -2.48. The van der Waals surface area contributed by atoms with Crippen LogP contribution in [0.3, 0.4) is 0 Å². The van der Waals surface area contributed by atoms with Gasteiger partial charge in [0.2, 0.25) is 5.95 Å². The van der Waals surface area contributed by atoms with Gasteiger partial charge in [-0.1, -0.05) is 19.8 Å². The SMILES string of the molecule is CCCCC(C)(CNC(N)=O)Nc1nc(N)nc2csnc12. The maximum Gasteiger partial charge on any atom is 0.312 e. The van der Waals surface area contributed by atoms with Crippen molar-refractivity contribution < 1.29 is 4.79 Å². The predicted octanol–water partition coefficient (Wildman–Crippen LogP) is 1.70. The molecule has 2 aromatic rings. The van der Waals surface area contributed by atoms with Crippen molar-refractivity contribution in [1.82, 2.24) is 19.7 Å². The summed E-state index contributed by atoms with van der Waals surface area (Å²) in [5.41, 5.74) is 11.9. The van der Waals surface area contributed by atoms with Crippen LogP contribution in [0.1, 0.15) is 33.1 Å². The van der Waals surface area contributed by atoms with Gasteiger partial charge in [-0.3, -0.25) is 0 Å². The number of nitrogens with zero attached hydrogens (tertiary/aromatic N) is 3. The van der Waals surface area contributed by atoms with Crippen LogP contribution in [0.2, 0.25) is 0 Å². The van der Waals surface area contributed by atoms with Gasteiger partial charge in [0.25, 0.3) is 0 Å². The number of unbranched alkanes of at least 4 members (excludes halogenated alkanes) is 1. The lowest BCUT2D eigenvalue weighted by Gasteiger charge is -2.31. The van der Waals surface area contributed by atoms with Crippen molar-refractivity contribution in [2.24, 2.45) is 5.73 Å². The predicted molar refractivity (Wildman–Crippen MR) is 88.8 cm³/mol. The first-order valence-electron chi connectivity index (χ1n) is 7.12. The Labute approximate surface area is 132 Å². The Kier molecular flexibility index (Phi) is 4.96. The van der Waals surface area contributed by atoms with Gasteiger partial charge < -0.3 is 22.1 Å². The summed E-state index contributed by atoms with van der Waals surface area (Å²) in [6.45, 7) is 4.51. The third kappa shape index (κ3) is 3.94. The van der Waals surface area contributed by atoms with Crippen LogP contribution >= 0.6 is 11.5 Å². The zero-order valence-electron chi connectivity index (χ0n) is 12.7. The number of fused-ring (bicyclic) bond motifs is 1. The summed E-state index contributed by atoms with van der Waals surface area (Å²) in [5, 5.41) is 7.84. The Hall–Kier alpha value is -2.16. The average Bonchev–Trinajstić information content (AvgIpc) is 2.91. The number of primary amides is 1. The Morgan fingerprint density at radius 3 is 2.91 bits per heavy atom. The van der Waals surface area contributed by atoms with Gasteiger partial charge in [-0.2, -0.15) is 9.36 Å². The van der Waals surface area contributed by atoms with Crippen LogP contribution < -0.4 is 22.1 Å². The summed E-state index contributed by atoms with van der Waals surface area (Å²) in [6.07, 6.45) is 2.90. The number of urea groups is 1. The normalized spacial score (nSPS) is 13.7. The fraction of sp³-hybridized carbons (Fsp3) is 0.538. The number of anilines is 2. The first-order valence-corrected chi connectivity index (χ1v) is 7.96. The van der Waals surface area contributed by atoms with E-state index >= 15 is 0 Å². The van der Waals surface area contributed by atoms with E-state index in [1.165, 1.54) is 11.5 Å². The minimum Gasteiger partial charge on any atom is -0.368 e. The maximum absolute atomic E-state index is 11.0. The standard InChI is InChI=1S/C13H21N7OS/c1-3-4-5-13(2,7-16-12(15)21)19-10-9-8(6-22-20-9)17-11(14)18-10/h6H,3-5,7H2,1-2H3,(H3,15,16,21)(H3,14,17,18,19). The third-order valence-corrected chi connectivity index (χ3v) is 4.01. The summed E-state index contributed by atoms with van der Waals surface area (Å²) >= 11 is 1.30. The van der Waals surface area contributed by atoms with Crippen LogP contribution in [0.25, 0.3) is 11.0 Å². The first-order chi connectivity index (χ1) is 10.4. The van der Waals surface area contributed by atoms with Gasteiger partial charge in [0.1, 0.15) is 11.0 Å². The van der Waals surface area contributed by atoms with Crippen LogP contribution in [0, 0.1) is 0 Å². The number of aromatic nitrogens is 3. The van der Waals surface area contributed by atoms with E-state index in [0.717, 1.165) is 19.3 Å². The Morgan fingerprint density at radius 2 is 2.23 bits per heavy atom. The minimum atomic E-state index is -0.550. The number of rotatable bonds is 7. The molecule has 0 aromatic carbocycles. The third-order valence-electron chi connectivity index (χ3n) is 3.39. The van der Waals surface area contributed by atoms with E-state index in [4.69, 9.17) is 11.5 Å². The summed E-state index contributed by atoms with van der Waals surface area (Å²) in [7, 11) is 0. The number of carbonyl (C=O) groups is 1. The zero-order valence-corrected chi connectivity index (χ0v) is 13.5. The molecule has 0 aliphatic heterocycles. The fourth-order valence-corrected chi connectivity index (χ4v) is 2.81. The molecule has 2 aromatic heterocycles. The van der Waals surface area contributed by atoms with Crippen molar-refractivity contribution in [3.8, 4) is 0 Å². The van der Waals surface area contributed by atoms with Gasteiger partial charge in [0.15, 0.2) is 5.82 Å². The number of hydrogen-bond acceptors (Lipinski definition) is 7. The Balaban J connectivity index is 2.27. The molecule has 0 spiro atoms. The molecule has 0 aliphatic carbocycles. The summed E-state index contributed by atoms with van der Waals surface area (Å²) < 4.78 is 4.31. The van der Waals surface area contributed by atoms with E-state index in [0.29, 0.717) is 23.4 Å². The molecule has 1 atom stereocenters. The molecule has 0 radical (unpaired) electrons. The molecule has 22 heavy (non-hydrogen) atoms. The van der Waals surface area contributed by atoms with Gasteiger partial charge in [-0.25, -0.2) is 9.78 Å². The molecule has 0 saturated heterocycles. The number of hydrogen-bond donors (Lipinski definition) is 4. The van der Waals surface area contributed by atoms with Crippen LogP contribution in [-0.4, -0.2) is 32.5 Å². The highest BCUT2D eigenvalue weighted by atomic mass is 32.1.